The fourth-order valence-electron chi connectivity index (χ4n) is 2.76. The summed E-state index contributed by atoms with van der Waals surface area (Å²) < 4.78 is 0. The third-order valence-electron chi connectivity index (χ3n) is 3.79. The lowest BCUT2D eigenvalue weighted by Crippen LogP contribution is -2.41. The van der Waals surface area contributed by atoms with Gasteiger partial charge in [0.05, 0.1) is 6.07 Å². The zero-order valence-corrected chi connectivity index (χ0v) is 8.58. The Bertz CT molecular complexity index is 227. The minimum absolute atomic E-state index is 0.246. The summed E-state index contributed by atoms with van der Waals surface area (Å²) in [7, 11) is 0. The van der Waals surface area contributed by atoms with E-state index in [1.165, 1.54) is 19.3 Å². The molecular formula is C11H18N2. The predicted molar refractivity (Wildman–Crippen MR) is 52.1 cm³/mol. The lowest BCUT2D eigenvalue weighted by molar-refractivity contribution is 0.195. The quantitative estimate of drug-likeness (QED) is 0.614. The average Bonchev–Trinajstić information content (AvgIpc) is 2.61. The summed E-state index contributed by atoms with van der Waals surface area (Å²) in [5, 5.41) is 9.03. The second-order valence-electron chi connectivity index (χ2n) is 5.03. The molecular weight excluding hydrogens is 160 g/mol. The van der Waals surface area contributed by atoms with Gasteiger partial charge in [-0.25, -0.2) is 0 Å². The first-order valence-electron chi connectivity index (χ1n) is 5.30. The van der Waals surface area contributed by atoms with Crippen molar-refractivity contribution in [3.05, 3.63) is 0 Å². The number of fused-ring (bicyclic) bond motifs is 1. The number of nitrogens with zero attached hydrogens (tertiary/aromatic N) is 2. The highest BCUT2D eigenvalue weighted by Crippen LogP contribution is 2.39. The number of hydrogen-bond donors (Lipinski definition) is 0. The molecule has 2 atom stereocenters. The number of nitriles is 1. The van der Waals surface area contributed by atoms with Gasteiger partial charge < -0.3 is 0 Å². The van der Waals surface area contributed by atoms with Crippen molar-refractivity contribution in [3.8, 4) is 6.07 Å². The third-order valence-corrected chi connectivity index (χ3v) is 3.79. The molecule has 2 unspecified atom stereocenters. The molecule has 1 heterocycles. The van der Waals surface area contributed by atoms with Gasteiger partial charge in [-0.2, -0.15) is 5.26 Å². The van der Waals surface area contributed by atoms with E-state index in [4.69, 9.17) is 5.26 Å². The Labute approximate surface area is 80.5 Å². The van der Waals surface area contributed by atoms with E-state index in [1.54, 1.807) is 0 Å². The third kappa shape index (κ3) is 1.46. The molecule has 0 radical (unpaired) electrons. The highest BCUT2D eigenvalue weighted by atomic mass is 15.2. The van der Waals surface area contributed by atoms with E-state index in [0.29, 0.717) is 0 Å². The predicted octanol–water partition coefficient (Wildman–Crippen LogP) is 2.02. The Hall–Kier alpha value is -0.550. The highest BCUT2D eigenvalue weighted by Gasteiger charge is 2.41. The standard InChI is InChI=1S/C11H18N2/c1-11(2,8-12)13-6-9-4-3-5-10(9)7-13/h9-10H,3-7H2,1-2H3. The van der Waals surface area contributed by atoms with E-state index in [2.05, 4.69) is 11.0 Å². The maximum absolute atomic E-state index is 9.03. The maximum atomic E-state index is 9.03. The van der Waals surface area contributed by atoms with Crippen molar-refractivity contribution >= 4 is 0 Å². The first-order chi connectivity index (χ1) is 6.13. The second kappa shape index (κ2) is 2.99. The van der Waals surface area contributed by atoms with Gasteiger partial charge in [0.2, 0.25) is 0 Å². The van der Waals surface area contributed by atoms with E-state index in [-0.39, 0.29) is 5.54 Å². The van der Waals surface area contributed by atoms with Crippen molar-refractivity contribution in [2.24, 2.45) is 11.8 Å². The van der Waals surface area contributed by atoms with E-state index < -0.39 is 0 Å². The topological polar surface area (TPSA) is 27.0 Å². The van der Waals surface area contributed by atoms with Crippen molar-refractivity contribution in [2.75, 3.05) is 13.1 Å². The molecule has 0 amide bonds. The summed E-state index contributed by atoms with van der Waals surface area (Å²) in [6.07, 6.45) is 4.20. The van der Waals surface area contributed by atoms with Crippen LogP contribution in [0, 0.1) is 23.2 Å². The first-order valence-corrected chi connectivity index (χ1v) is 5.30. The molecule has 0 aromatic rings. The first kappa shape index (κ1) is 9.02. The molecule has 0 bridgehead atoms. The molecule has 0 N–H and O–H groups in total. The lowest BCUT2D eigenvalue weighted by atomic mass is 10.0. The SMILES string of the molecule is CC(C)(C#N)N1CC2CCCC2C1. The van der Waals surface area contributed by atoms with Crippen LogP contribution in [0.4, 0.5) is 0 Å². The molecule has 0 aromatic carbocycles. The molecule has 13 heavy (non-hydrogen) atoms. The molecule has 2 heteroatoms. The van der Waals surface area contributed by atoms with Crippen LogP contribution in [-0.4, -0.2) is 23.5 Å². The molecule has 1 aliphatic heterocycles. The van der Waals surface area contributed by atoms with E-state index >= 15 is 0 Å². The van der Waals surface area contributed by atoms with Crippen molar-refractivity contribution < 1.29 is 0 Å². The van der Waals surface area contributed by atoms with Crippen LogP contribution in [0.2, 0.25) is 0 Å². The number of likely N-dealkylation sites (tertiary alicyclic amines) is 1. The van der Waals surface area contributed by atoms with E-state index in [9.17, 15) is 0 Å². The van der Waals surface area contributed by atoms with Gasteiger partial charge in [-0.1, -0.05) is 6.42 Å². The van der Waals surface area contributed by atoms with Crippen LogP contribution in [0.1, 0.15) is 33.1 Å². The largest absolute Gasteiger partial charge is 0.285 e. The zero-order valence-electron chi connectivity index (χ0n) is 8.58. The van der Waals surface area contributed by atoms with Gasteiger partial charge in [0.1, 0.15) is 5.54 Å². The number of rotatable bonds is 1. The van der Waals surface area contributed by atoms with Crippen LogP contribution in [0.3, 0.4) is 0 Å². The van der Waals surface area contributed by atoms with Crippen molar-refractivity contribution in [1.29, 1.82) is 5.26 Å². The van der Waals surface area contributed by atoms with Crippen molar-refractivity contribution in [2.45, 2.75) is 38.6 Å². The second-order valence-corrected chi connectivity index (χ2v) is 5.03. The number of hydrogen-bond acceptors (Lipinski definition) is 2. The van der Waals surface area contributed by atoms with Crippen molar-refractivity contribution in [3.63, 3.8) is 0 Å². The molecule has 0 spiro atoms. The molecule has 72 valence electrons. The summed E-state index contributed by atoms with van der Waals surface area (Å²) in [6.45, 7) is 6.39. The highest BCUT2D eigenvalue weighted by molar-refractivity contribution is 5.05. The molecule has 0 aromatic heterocycles. The molecule has 2 rings (SSSR count). The van der Waals surface area contributed by atoms with Gasteiger partial charge in [0.25, 0.3) is 0 Å². The van der Waals surface area contributed by atoms with Crippen LogP contribution in [0.15, 0.2) is 0 Å². The maximum Gasteiger partial charge on any atom is 0.103 e. The normalized spacial score (nSPS) is 34.5. The summed E-state index contributed by atoms with van der Waals surface area (Å²) in [6, 6.07) is 2.40. The minimum Gasteiger partial charge on any atom is -0.285 e. The fraction of sp³-hybridized carbons (Fsp3) is 0.909. The zero-order chi connectivity index (χ0) is 9.47. The van der Waals surface area contributed by atoms with Gasteiger partial charge in [-0.15, -0.1) is 0 Å². The molecule has 1 aliphatic carbocycles. The summed E-state index contributed by atoms with van der Waals surface area (Å²) in [5.74, 6) is 1.79. The summed E-state index contributed by atoms with van der Waals surface area (Å²) in [5.41, 5.74) is -0.246. The Balaban J connectivity index is 2.03. The van der Waals surface area contributed by atoms with E-state index in [0.717, 1.165) is 24.9 Å². The summed E-state index contributed by atoms with van der Waals surface area (Å²) in [4.78, 5) is 2.36. The fourth-order valence-corrected chi connectivity index (χ4v) is 2.76. The molecule has 2 fully saturated rings. The molecule has 2 nitrogen and oxygen atoms in total. The monoisotopic (exact) mass is 178 g/mol. The van der Waals surface area contributed by atoms with Gasteiger partial charge in [-0.3, -0.25) is 4.90 Å². The van der Waals surface area contributed by atoms with Gasteiger partial charge in [0, 0.05) is 13.1 Å². The van der Waals surface area contributed by atoms with Crippen LogP contribution >= 0.6 is 0 Å². The van der Waals surface area contributed by atoms with Gasteiger partial charge in [-0.05, 0) is 38.5 Å². The Kier molecular flexibility index (Phi) is 2.08. The molecule has 2 aliphatic rings. The molecule has 1 saturated carbocycles. The average molecular weight is 178 g/mol. The van der Waals surface area contributed by atoms with Crippen LogP contribution in [-0.2, 0) is 0 Å². The lowest BCUT2D eigenvalue weighted by Gasteiger charge is -2.29. The Morgan fingerprint density at radius 2 is 1.77 bits per heavy atom. The smallest absolute Gasteiger partial charge is 0.103 e. The minimum atomic E-state index is -0.246. The Morgan fingerprint density at radius 3 is 2.23 bits per heavy atom. The molecule has 1 saturated heterocycles. The van der Waals surface area contributed by atoms with E-state index in [1.807, 2.05) is 13.8 Å². The summed E-state index contributed by atoms with van der Waals surface area (Å²) >= 11 is 0. The van der Waals surface area contributed by atoms with Crippen molar-refractivity contribution in [1.82, 2.24) is 4.90 Å². The van der Waals surface area contributed by atoms with Gasteiger partial charge in [0.15, 0.2) is 0 Å². The van der Waals surface area contributed by atoms with Gasteiger partial charge >= 0.3 is 0 Å². The Morgan fingerprint density at radius 1 is 1.23 bits per heavy atom. The van der Waals surface area contributed by atoms with Crippen LogP contribution in [0.5, 0.6) is 0 Å². The van der Waals surface area contributed by atoms with Crippen LogP contribution < -0.4 is 0 Å². The van der Waals surface area contributed by atoms with Crippen LogP contribution in [0.25, 0.3) is 0 Å².